The molecule has 1 aliphatic carbocycles. The molecule has 2 atom stereocenters. The van der Waals surface area contributed by atoms with E-state index in [-0.39, 0.29) is 17.6 Å². The van der Waals surface area contributed by atoms with Crippen LogP contribution in [0, 0.1) is 18.3 Å². The van der Waals surface area contributed by atoms with Crippen LogP contribution < -0.4 is 10.1 Å². The van der Waals surface area contributed by atoms with Crippen LogP contribution in [0.1, 0.15) is 75.8 Å². The molecule has 2 unspecified atom stereocenters. The molecule has 1 saturated carbocycles. The second-order valence-corrected chi connectivity index (χ2v) is 10.6. The molecule has 33 heavy (non-hydrogen) atoms. The Morgan fingerprint density at radius 1 is 1.18 bits per heavy atom. The van der Waals surface area contributed by atoms with Gasteiger partial charge >= 0.3 is 5.97 Å². The molecule has 2 aromatic carbocycles. The number of rotatable bonds is 6. The summed E-state index contributed by atoms with van der Waals surface area (Å²) < 4.78 is 8.06. The first-order chi connectivity index (χ1) is 15.5. The van der Waals surface area contributed by atoms with Gasteiger partial charge in [-0.25, -0.2) is 9.78 Å². The zero-order valence-electron chi connectivity index (χ0n) is 20.5. The largest absolute Gasteiger partial charge is 0.491 e. The SMILES string of the molecule is Cc1c(C(=O)O)ccc2c1nc(Nc1ccc(OC(C)C)cc1)n2C1CC(C)CC(C)(C)C1. The lowest BCUT2D eigenvalue weighted by Gasteiger charge is -2.40. The van der Waals surface area contributed by atoms with Crippen LogP contribution in [0.4, 0.5) is 11.6 Å². The first-order valence-electron chi connectivity index (χ1n) is 11.8. The van der Waals surface area contributed by atoms with E-state index in [4.69, 9.17) is 9.72 Å². The van der Waals surface area contributed by atoms with Crippen LogP contribution in [0.3, 0.4) is 0 Å². The average Bonchev–Trinajstić information content (AvgIpc) is 3.06. The van der Waals surface area contributed by atoms with Crippen molar-refractivity contribution in [2.45, 2.75) is 73.0 Å². The number of carboxylic acids is 1. The molecule has 0 saturated heterocycles. The minimum atomic E-state index is -0.924. The van der Waals surface area contributed by atoms with Gasteiger partial charge in [0.25, 0.3) is 0 Å². The lowest BCUT2D eigenvalue weighted by atomic mass is 9.70. The molecule has 3 aromatic rings. The van der Waals surface area contributed by atoms with Crippen molar-refractivity contribution in [3.63, 3.8) is 0 Å². The monoisotopic (exact) mass is 449 g/mol. The maximum atomic E-state index is 11.7. The Labute approximate surface area is 196 Å². The van der Waals surface area contributed by atoms with Crippen molar-refractivity contribution in [1.29, 1.82) is 0 Å². The van der Waals surface area contributed by atoms with E-state index in [1.807, 2.05) is 51.1 Å². The Balaban J connectivity index is 1.79. The van der Waals surface area contributed by atoms with Crippen LogP contribution in [0.2, 0.25) is 0 Å². The van der Waals surface area contributed by atoms with E-state index in [1.165, 1.54) is 6.42 Å². The molecule has 1 fully saturated rings. The standard InChI is InChI=1S/C27H35N3O3/c1-16(2)33-21-9-7-19(8-10-21)28-26-29-24-18(4)22(25(31)32)11-12-23(24)30(26)20-13-17(3)14-27(5,6)15-20/h7-12,16-17,20H,13-15H2,1-6H3,(H,28,29)(H,31,32). The van der Waals surface area contributed by atoms with Crippen LogP contribution >= 0.6 is 0 Å². The lowest BCUT2D eigenvalue weighted by Crippen LogP contribution is -2.29. The Morgan fingerprint density at radius 2 is 1.88 bits per heavy atom. The van der Waals surface area contributed by atoms with E-state index in [0.29, 0.717) is 17.0 Å². The minimum absolute atomic E-state index is 0.121. The number of carbonyl (C=O) groups is 1. The lowest BCUT2D eigenvalue weighted by molar-refractivity contribution is 0.0696. The Kier molecular flexibility index (Phi) is 6.12. The fraction of sp³-hybridized carbons (Fsp3) is 0.481. The number of fused-ring (bicyclic) bond motifs is 1. The molecule has 0 radical (unpaired) electrons. The molecular formula is C27H35N3O3. The van der Waals surface area contributed by atoms with Gasteiger partial charge < -0.3 is 19.7 Å². The maximum Gasteiger partial charge on any atom is 0.336 e. The predicted molar refractivity (Wildman–Crippen MR) is 133 cm³/mol. The summed E-state index contributed by atoms with van der Waals surface area (Å²) in [5, 5.41) is 13.1. The van der Waals surface area contributed by atoms with Gasteiger partial charge in [-0.15, -0.1) is 0 Å². The van der Waals surface area contributed by atoms with Gasteiger partial charge in [-0.2, -0.15) is 0 Å². The molecule has 1 aliphatic rings. The summed E-state index contributed by atoms with van der Waals surface area (Å²) in [6.45, 7) is 12.9. The van der Waals surface area contributed by atoms with E-state index >= 15 is 0 Å². The fourth-order valence-electron chi connectivity index (χ4n) is 5.50. The third kappa shape index (κ3) is 4.85. The third-order valence-electron chi connectivity index (χ3n) is 6.56. The van der Waals surface area contributed by atoms with E-state index in [2.05, 4.69) is 30.7 Å². The van der Waals surface area contributed by atoms with Crippen molar-refractivity contribution < 1.29 is 14.6 Å². The summed E-state index contributed by atoms with van der Waals surface area (Å²) in [4.78, 5) is 16.7. The summed E-state index contributed by atoms with van der Waals surface area (Å²) >= 11 is 0. The van der Waals surface area contributed by atoms with Crippen molar-refractivity contribution in [1.82, 2.24) is 9.55 Å². The number of nitrogens with zero attached hydrogens (tertiary/aromatic N) is 2. The summed E-state index contributed by atoms with van der Waals surface area (Å²) in [7, 11) is 0. The van der Waals surface area contributed by atoms with Gasteiger partial charge in [-0.05, 0) is 93.3 Å². The van der Waals surface area contributed by atoms with Crippen LogP contribution in [0.5, 0.6) is 5.75 Å². The molecule has 1 heterocycles. The van der Waals surface area contributed by atoms with E-state index in [0.717, 1.165) is 41.3 Å². The van der Waals surface area contributed by atoms with Crippen LogP contribution in [0.25, 0.3) is 11.0 Å². The highest BCUT2D eigenvalue weighted by atomic mass is 16.5. The van der Waals surface area contributed by atoms with Crippen LogP contribution in [-0.2, 0) is 0 Å². The summed E-state index contributed by atoms with van der Waals surface area (Å²) in [5.41, 5.74) is 3.88. The number of imidazole rings is 1. The quantitative estimate of drug-likeness (QED) is 0.425. The van der Waals surface area contributed by atoms with Crippen molar-refractivity contribution in [3.8, 4) is 5.75 Å². The third-order valence-corrected chi connectivity index (χ3v) is 6.56. The molecule has 1 aromatic heterocycles. The smallest absolute Gasteiger partial charge is 0.336 e. The molecule has 2 N–H and O–H groups in total. The number of carboxylic acid groups (broad SMARTS) is 1. The highest BCUT2D eigenvalue weighted by Gasteiger charge is 2.35. The molecule has 6 heteroatoms. The highest BCUT2D eigenvalue weighted by molar-refractivity contribution is 5.96. The topological polar surface area (TPSA) is 76.4 Å². The molecular weight excluding hydrogens is 414 g/mol. The zero-order valence-corrected chi connectivity index (χ0v) is 20.5. The minimum Gasteiger partial charge on any atom is -0.491 e. The molecule has 176 valence electrons. The Bertz CT molecular complexity index is 1160. The summed E-state index contributed by atoms with van der Waals surface area (Å²) in [6, 6.07) is 11.8. The number of aromatic nitrogens is 2. The van der Waals surface area contributed by atoms with Crippen molar-refractivity contribution in [3.05, 3.63) is 47.5 Å². The normalized spacial score (nSPS) is 20.2. The number of aryl methyl sites for hydroxylation is 1. The van der Waals surface area contributed by atoms with Gasteiger partial charge in [-0.3, -0.25) is 0 Å². The number of hydrogen-bond donors (Lipinski definition) is 2. The van der Waals surface area contributed by atoms with Crippen molar-refractivity contribution >= 4 is 28.6 Å². The Morgan fingerprint density at radius 3 is 2.48 bits per heavy atom. The first kappa shape index (κ1) is 23.1. The number of nitrogens with one attached hydrogen (secondary N) is 1. The van der Waals surface area contributed by atoms with Crippen LogP contribution in [0.15, 0.2) is 36.4 Å². The molecule has 0 spiro atoms. The highest BCUT2D eigenvalue weighted by Crippen LogP contribution is 2.46. The van der Waals surface area contributed by atoms with E-state index < -0.39 is 5.97 Å². The van der Waals surface area contributed by atoms with Crippen molar-refractivity contribution in [2.75, 3.05) is 5.32 Å². The average molecular weight is 450 g/mol. The fourth-order valence-corrected chi connectivity index (χ4v) is 5.50. The van der Waals surface area contributed by atoms with Gasteiger partial charge in [0.05, 0.1) is 22.7 Å². The van der Waals surface area contributed by atoms with E-state index in [1.54, 1.807) is 6.07 Å². The molecule has 0 amide bonds. The van der Waals surface area contributed by atoms with Crippen LogP contribution in [-0.4, -0.2) is 26.7 Å². The van der Waals surface area contributed by atoms with Gasteiger partial charge in [0.15, 0.2) is 0 Å². The maximum absolute atomic E-state index is 11.7. The number of aromatic carboxylic acids is 1. The number of anilines is 2. The molecule has 0 aliphatic heterocycles. The summed E-state index contributed by atoms with van der Waals surface area (Å²) in [6.07, 6.45) is 3.46. The number of benzene rings is 2. The van der Waals surface area contributed by atoms with Crippen molar-refractivity contribution in [2.24, 2.45) is 11.3 Å². The van der Waals surface area contributed by atoms with Gasteiger partial charge in [0.1, 0.15) is 5.75 Å². The second-order valence-electron chi connectivity index (χ2n) is 10.6. The molecule has 6 nitrogen and oxygen atoms in total. The molecule has 4 rings (SSSR count). The van der Waals surface area contributed by atoms with Gasteiger partial charge in [-0.1, -0.05) is 20.8 Å². The molecule has 0 bridgehead atoms. The number of hydrogen-bond acceptors (Lipinski definition) is 4. The second kappa shape index (κ2) is 8.73. The summed E-state index contributed by atoms with van der Waals surface area (Å²) in [5.74, 6) is 1.26. The predicted octanol–water partition coefficient (Wildman–Crippen LogP) is 6.96. The van der Waals surface area contributed by atoms with Gasteiger partial charge in [0, 0.05) is 11.7 Å². The van der Waals surface area contributed by atoms with Gasteiger partial charge in [0.2, 0.25) is 5.95 Å². The first-order valence-corrected chi connectivity index (χ1v) is 11.8. The number of ether oxygens (including phenoxy) is 1. The van der Waals surface area contributed by atoms with E-state index in [9.17, 15) is 9.90 Å². The zero-order chi connectivity index (χ0) is 23.9. The Hall–Kier alpha value is -3.02.